The van der Waals surface area contributed by atoms with Gasteiger partial charge in [0.1, 0.15) is 11.6 Å². The van der Waals surface area contributed by atoms with Gasteiger partial charge < -0.3 is 15.4 Å². The first kappa shape index (κ1) is 12.1. The molecule has 0 aliphatic carbocycles. The van der Waals surface area contributed by atoms with E-state index in [0.29, 0.717) is 11.9 Å². The lowest BCUT2D eigenvalue weighted by atomic mass is 10.1. The first-order chi connectivity index (χ1) is 8.28. The fourth-order valence-corrected chi connectivity index (χ4v) is 2.06. The summed E-state index contributed by atoms with van der Waals surface area (Å²) in [5.41, 5.74) is 0. The molecule has 17 heavy (non-hydrogen) atoms. The summed E-state index contributed by atoms with van der Waals surface area (Å²) in [5.74, 6) is 2.17. The summed E-state index contributed by atoms with van der Waals surface area (Å²) >= 11 is 0. The Labute approximate surface area is 102 Å². The Kier molecular flexibility index (Phi) is 4.14. The number of methoxy groups -OCH3 is 1. The van der Waals surface area contributed by atoms with Crippen LogP contribution in [0.5, 0.6) is 5.88 Å². The zero-order valence-electron chi connectivity index (χ0n) is 10.5. The molecule has 0 bridgehead atoms. The van der Waals surface area contributed by atoms with Gasteiger partial charge in [-0.3, -0.25) is 0 Å². The van der Waals surface area contributed by atoms with Gasteiger partial charge in [0.05, 0.1) is 7.11 Å². The molecule has 1 aromatic heterocycles. The third kappa shape index (κ3) is 3.56. The highest BCUT2D eigenvalue weighted by atomic mass is 16.5. The van der Waals surface area contributed by atoms with Crippen LogP contribution >= 0.6 is 0 Å². The minimum atomic E-state index is 0.546. The van der Waals surface area contributed by atoms with Gasteiger partial charge >= 0.3 is 0 Å². The summed E-state index contributed by atoms with van der Waals surface area (Å²) < 4.78 is 5.12. The highest BCUT2D eigenvalue weighted by molar-refractivity contribution is 5.38. The van der Waals surface area contributed by atoms with Crippen LogP contribution in [0.4, 0.5) is 5.82 Å². The summed E-state index contributed by atoms with van der Waals surface area (Å²) in [6, 6.07) is 2.38. The number of aromatic nitrogens is 2. The maximum absolute atomic E-state index is 5.12. The van der Waals surface area contributed by atoms with Crippen LogP contribution in [0.15, 0.2) is 6.07 Å². The van der Waals surface area contributed by atoms with Crippen LogP contribution < -0.4 is 15.4 Å². The lowest BCUT2D eigenvalue weighted by molar-refractivity contribution is 0.395. The van der Waals surface area contributed by atoms with Crippen LogP contribution in [0.1, 0.15) is 25.1 Å². The quantitative estimate of drug-likeness (QED) is 0.826. The molecule has 1 fully saturated rings. The molecule has 0 aromatic carbocycles. The van der Waals surface area contributed by atoms with Gasteiger partial charge in [-0.1, -0.05) is 6.42 Å². The average Bonchev–Trinajstić information content (AvgIpc) is 2.37. The third-order valence-electron chi connectivity index (χ3n) is 2.97. The third-order valence-corrected chi connectivity index (χ3v) is 2.97. The molecule has 2 heterocycles. The number of ether oxygens (including phenoxy) is 1. The summed E-state index contributed by atoms with van der Waals surface area (Å²) in [7, 11) is 1.62. The van der Waals surface area contributed by atoms with Gasteiger partial charge in [0.25, 0.3) is 0 Å². The van der Waals surface area contributed by atoms with Gasteiger partial charge in [0.2, 0.25) is 5.88 Å². The molecule has 0 spiro atoms. The van der Waals surface area contributed by atoms with Crippen LogP contribution in [0.3, 0.4) is 0 Å². The SMILES string of the molecule is COc1cc(NCC2CCCCN2)nc(C)n1. The molecule has 5 nitrogen and oxygen atoms in total. The Morgan fingerprint density at radius 3 is 3.06 bits per heavy atom. The second kappa shape index (κ2) is 5.82. The molecule has 1 saturated heterocycles. The highest BCUT2D eigenvalue weighted by Gasteiger charge is 2.12. The van der Waals surface area contributed by atoms with Gasteiger partial charge in [-0.25, -0.2) is 4.98 Å². The average molecular weight is 236 g/mol. The van der Waals surface area contributed by atoms with Crippen LogP contribution in [0, 0.1) is 6.92 Å². The second-order valence-electron chi connectivity index (χ2n) is 4.37. The van der Waals surface area contributed by atoms with Crippen molar-refractivity contribution in [2.45, 2.75) is 32.2 Å². The Bertz CT molecular complexity index is 364. The Morgan fingerprint density at radius 1 is 1.47 bits per heavy atom. The van der Waals surface area contributed by atoms with E-state index in [-0.39, 0.29) is 0 Å². The molecule has 1 aliphatic rings. The Morgan fingerprint density at radius 2 is 2.35 bits per heavy atom. The van der Waals surface area contributed by atoms with Crippen molar-refractivity contribution in [3.8, 4) is 5.88 Å². The minimum absolute atomic E-state index is 0.546. The first-order valence-electron chi connectivity index (χ1n) is 6.15. The van der Waals surface area contributed by atoms with Crippen LogP contribution in [-0.4, -0.2) is 36.2 Å². The zero-order valence-corrected chi connectivity index (χ0v) is 10.5. The van der Waals surface area contributed by atoms with Crippen LogP contribution in [0.2, 0.25) is 0 Å². The van der Waals surface area contributed by atoms with Crippen molar-refractivity contribution in [3.05, 3.63) is 11.9 Å². The molecular weight excluding hydrogens is 216 g/mol. The van der Waals surface area contributed by atoms with Crippen molar-refractivity contribution >= 4 is 5.82 Å². The van der Waals surface area contributed by atoms with E-state index in [1.54, 1.807) is 7.11 Å². The standard InChI is InChI=1S/C12H20N4O/c1-9-15-11(7-12(16-9)17-2)14-8-10-5-3-4-6-13-10/h7,10,13H,3-6,8H2,1-2H3,(H,14,15,16). The second-order valence-corrected chi connectivity index (χ2v) is 4.37. The van der Waals surface area contributed by atoms with Gasteiger partial charge in [0, 0.05) is 18.7 Å². The van der Waals surface area contributed by atoms with Crippen molar-refractivity contribution in [2.75, 3.05) is 25.5 Å². The number of rotatable bonds is 4. The smallest absolute Gasteiger partial charge is 0.218 e. The molecule has 0 radical (unpaired) electrons. The van der Waals surface area contributed by atoms with E-state index >= 15 is 0 Å². The summed E-state index contributed by atoms with van der Waals surface area (Å²) in [6.45, 7) is 3.89. The Hall–Kier alpha value is -1.36. The molecule has 1 atom stereocenters. The predicted molar refractivity (Wildman–Crippen MR) is 67.5 cm³/mol. The molecule has 2 N–H and O–H groups in total. The number of hydrogen-bond acceptors (Lipinski definition) is 5. The fourth-order valence-electron chi connectivity index (χ4n) is 2.06. The number of hydrogen-bond donors (Lipinski definition) is 2. The minimum Gasteiger partial charge on any atom is -0.481 e. The van der Waals surface area contributed by atoms with Crippen molar-refractivity contribution < 1.29 is 4.74 Å². The summed E-state index contributed by atoms with van der Waals surface area (Å²) in [6.07, 6.45) is 3.83. The van der Waals surface area contributed by atoms with Crippen molar-refractivity contribution in [1.82, 2.24) is 15.3 Å². The molecule has 0 saturated carbocycles. The van der Waals surface area contributed by atoms with E-state index < -0.39 is 0 Å². The summed E-state index contributed by atoms with van der Waals surface area (Å²) in [4.78, 5) is 8.49. The van der Waals surface area contributed by atoms with Crippen molar-refractivity contribution in [1.29, 1.82) is 0 Å². The molecule has 1 aromatic rings. The molecule has 5 heteroatoms. The fraction of sp³-hybridized carbons (Fsp3) is 0.667. The van der Waals surface area contributed by atoms with Gasteiger partial charge in [-0.2, -0.15) is 4.98 Å². The highest BCUT2D eigenvalue weighted by Crippen LogP contribution is 2.13. The van der Waals surface area contributed by atoms with E-state index in [1.165, 1.54) is 19.3 Å². The van der Waals surface area contributed by atoms with Gasteiger partial charge in [0.15, 0.2) is 0 Å². The van der Waals surface area contributed by atoms with Crippen molar-refractivity contribution in [2.24, 2.45) is 0 Å². The van der Waals surface area contributed by atoms with E-state index in [9.17, 15) is 0 Å². The van der Waals surface area contributed by atoms with E-state index in [1.807, 2.05) is 13.0 Å². The molecule has 1 unspecified atom stereocenters. The number of aryl methyl sites for hydroxylation is 1. The van der Waals surface area contributed by atoms with E-state index in [4.69, 9.17) is 4.74 Å². The molecule has 2 rings (SSSR count). The topological polar surface area (TPSA) is 59.1 Å². The van der Waals surface area contributed by atoms with Crippen LogP contribution in [-0.2, 0) is 0 Å². The number of anilines is 1. The maximum Gasteiger partial charge on any atom is 0.218 e. The largest absolute Gasteiger partial charge is 0.481 e. The van der Waals surface area contributed by atoms with Gasteiger partial charge in [-0.05, 0) is 26.3 Å². The lowest BCUT2D eigenvalue weighted by Gasteiger charge is -2.23. The summed E-state index contributed by atoms with van der Waals surface area (Å²) in [5, 5.41) is 6.83. The molecular formula is C12H20N4O. The first-order valence-corrected chi connectivity index (χ1v) is 6.15. The number of nitrogens with one attached hydrogen (secondary N) is 2. The van der Waals surface area contributed by atoms with Crippen LogP contribution in [0.25, 0.3) is 0 Å². The monoisotopic (exact) mass is 236 g/mol. The van der Waals surface area contributed by atoms with Gasteiger partial charge in [-0.15, -0.1) is 0 Å². The van der Waals surface area contributed by atoms with E-state index in [0.717, 1.165) is 24.7 Å². The Balaban J connectivity index is 1.91. The van der Waals surface area contributed by atoms with E-state index in [2.05, 4.69) is 20.6 Å². The normalized spacial score (nSPS) is 20.0. The molecule has 94 valence electrons. The zero-order chi connectivity index (χ0) is 12.1. The maximum atomic E-state index is 5.12. The lowest BCUT2D eigenvalue weighted by Crippen LogP contribution is -2.39. The molecule has 0 amide bonds. The number of nitrogens with zero attached hydrogens (tertiary/aromatic N) is 2. The van der Waals surface area contributed by atoms with Crippen molar-refractivity contribution in [3.63, 3.8) is 0 Å². The number of piperidine rings is 1. The molecule has 1 aliphatic heterocycles. The predicted octanol–water partition coefficient (Wildman–Crippen LogP) is 1.35.